The lowest BCUT2D eigenvalue weighted by Gasteiger charge is -2.18. The smallest absolute Gasteiger partial charge is 0.124 e. The Bertz CT molecular complexity index is 370. The van der Waals surface area contributed by atoms with Gasteiger partial charge in [-0.15, -0.1) is 0 Å². The molecule has 3 nitrogen and oxygen atoms in total. The molecule has 0 amide bonds. The number of likely N-dealkylation sites (tertiary alicyclic amines) is 1. The van der Waals surface area contributed by atoms with Crippen LogP contribution in [0.3, 0.4) is 0 Å². The monoisotopic (exact) mass is 241 g/mol. The summed E-state index contributed by atoms with van der Waals surface area (Å²) in [5.74, 6) is 0.814. The summed E-state index contributed by atoms with van der Waals surface area (Å²) in [4.78, 5) is 2.19. The molecule has 1 heterocycles. The molecule has 0 aliphatic carbocycles. The first kappa shape index (κ1) is 11.7. The van der Waals surface area contributed by atoms with Crippen LogP contribution in [0.5, 0.6) is 5.75 Å². The fourth-order valence-corrected chi connectivity index (χ4v) is 2.29. The zero-order valence-corrected chi connectivity index (χ0v) is 10.1. The van der Waals surface area contributed by atoms with Crippen molar-refractivity contribution in [3.8, 4) is 5.75 Å². The SMILES string of the molecule is COc1cccc(Cl)c1CN1CC[C@H](O)C1. The van der Waals surface area contributed by atoms with E-state index in [1.54, 1.807) is 7.11 Å². The molecular formula is C12H16ClNO2. The van der Waals surface area contributed by atoms with Crippen molar-refractivity contribution in [1.82, 2.24) is 4.90 Å². The van der Waals surface area contributed by atoms with Gasteiger partial charge in [0.1, 0.15) is 5.75 Å². The first-order valence-electron chi connectivity index (χ1n) is 5.42. The summed E-state index contributed by atoms with van der Waals surface area (Å²) in [6.45, 7) is 2.36. The first-order valence-corrected chi connectivity index (χ1v) is 5.80. The van der Waals surface area contributed by atoms with Crippen LogP contribution in [0.15, 0.2) is 18.2 Å². The minimum atomic E-state index is -0.200. The highest BCUT2D eigenvalue weighted by Crippen LogP contribution is 2.28. The lowest BCUT2D eigenvalue weighted by atomic mass is 10.2. The number of rotatable bonds is 3. The van der Waals surface area contributed by atoms with Crippen molar-refractivity contribution in [2.75, 3.05) is 20.2 Å². The lowest BCUT2D eigenvalue weighted by Crippen LogP contribution is -2.22. The van der Waals surface area contributed by atoms with E-state index in [2.05, 4.69) is 4.90 Å². The summed E-state index contributed by atoms with van der Waals surface area (Å²) >= 11 is 6.15. The molecule has 1 atom stereocenters. The molecule has 1 saturated heterocycles. The van der Waals surface area contributed by atoms with Crippen LogP contribution in [0, 0.1) is 0 Å². The fraction of sp³-hybridized carbons (Fsp3) is 0.500. The number of hydrogen-bond acceptors (Lipinski definition) is 3. The molecule has 1 aliphatic rings. The highest BCUT2D eigenvalue weighted by molar-refractivity contribution is 6.31. The molecule has 0 spiro atoms. The summed E-state index contributed by atoms with van der Waals surface area (Å²) < 4.78 is 5.29. The van der Waals surface area contributed by atoms with Crippen LogP contribution in [0.1, 0.15) is 12.0 Å². The van der Waals surface area contributed by atoms with Gasteiger partial charge in [0.05, 0.1) is 13.2 Å². The van der Waals surface area contributed by atoms with Crippen LogP contribution in [0.25, 0.3) is 0 Å². The second-order valence-corrected chi connectivity index (χ2v) is 4.51. The molecule has 2 rings (SSSR count). The van der Waals surface area contributed by atoms with E-state index >= 15 is 0 Å². The maximum atomic E-state index is 9.47. The number of β-amino-alcohol motifs (C(OH)–C–C–N with tert-alkyl or cyclic N) is 1. The zero-order chi connectivity index (χ0) is 11.5. The topological polar surface area (TPSA) is 32.7 Å². The zero-order valence-electron chi connectivity index (χ0n) is 9.32. The first-order chi connectivity index (χ1) is 7.70. The van der Waals surface area contributed by atoms with Crippen molar-refractivity contribution in [2.24, 2.45) is 0 Å². The molecule has 1 aliphatic heterocycles. The van der Waals surface area contributed by atoms with Gasteiger partial charge in [-0.05, 0) is 18.6 Å². The summed E-state index contributed by atoms with van der Waals surface area (Å²) in [7, 11) is 1.65. The second kappa shape index (κ2) is 5.04. The summed E-state index contributed by atoms with van der Waals surface area (Å²) in [6, 6.07) is 5.66. The molecule has 0 unspecified atom stereocenters. The van der Waals surface area contributed by atoms with Gasteiger partial charge in [-0.2, -0.15) is 0 Å². The number of aliphatic hydroxyl groups is 1. The summed E-state index contributed by atoms with van der Waals surface area (Å²) in [6.07, 6.45) is 0.640. The summed E-state index contributed by atoms with van der Waals surface area (Å²) in [5, 5.41) is 10.2. The predicted molar refractivity (Wildman–Crippen MR) is 63.9 cm³/mol. The van der Waals surface area contributed by atoms with Crippen LogP contribution in [0.2, 0.25) is 5.02 Å². The third kappa shape index (κ3) is 2.48. The molecule has 16 heavy (non-hydrogen) atoms. The van der Waals surface area contributed by atoms with Crippen molar-refractivity contribution in [3.63, 3.8) is 0 Å². The second-order valence-electron chi connectivity index (χ2n) is 4.10. The van der Waals surface area contributed by atoms with Crippen molar-refractivity contribution in [1.29, 1.82) is 0 Å². The highest BCUT2D eigenvalue weighted by Gasteiger charge is 2.21. The molecule has 88 valence electrons. The number of nitrogens with zero attached hydrogens (tertiary/aromatic N) is 1. The lowest BCUT2D eigenvalue weighted by molar-refractivity contribution is 0.174. The number of ether oxygens (including phenoxy) is 1. The molecule has 1 aromatic carbocycles. The maximum Gasteiger partial charge on any atom is 0.124 e. The number of benzene rings is 1. The Kier molecular flexibility index (Phi) is 3.69. The molecule has 0 saturated carbocycles. The number of hydrogen-bond donors (Lipinski definition) is 1. The van der Waals surface area contributed by atoms with Gasteiger partial charge in [0.25, 0.3) is 0 Å². The fourth-order valence-electron chi connectivity index (χ4n) is 2.06. The third-order valence-corrected chi connectivity index (χ3v) is 3.28. The van der Waals surface area contributed by atoms with Gasteiger partial charge in [0.15, 0.2) is 0 Å². The van der Waals surface area contributed by atoms with Crippen LogP contribution in [0.4, 0.5) is 0 Å². The molecule has 0 radical (unpaired) electrons. The molecule has 1 aromatic rings. The van der Waals surface area contributed by atoms with Crippen LogP contribution >= 0.6 is 11.6 Å². The minimum Gasteiger partial charge on any atom is -0.496 e. The predicted octanol–water partition coefficient (Wildman–Crippen LogP) is 1.92. The van der Waals surface area contributed by atoms with E-state index in [0.717, 1.165) is 35.8 Å². The Hall–Kier alpha value is -0.770. The van der Waals surface area contributed by atoms with Crippen molar-refractivity contribution in [2.45, 2.75) is 19.1 Å². The molecule has 0 bridgehead atoms. The van der Waals surface area contributed by atoms with Crippen LogP contribution in [-0.4, -0.2) is 36.3 Å². The number of methoxy groups -OCH3 is 1. The standard InChI is InChI=1S/C12H16ClNO2/c1-16-12-4-2-3-11(13)10(12)8-14-6-5-9(15)7-14/h2-4,9,15H,5-8H2,1H3/t9-/m0/s1. The Labute approximate surface area is 101 Å². The Morgan fingerprint density at radius 2 is 2.38 bits per heavy atom. The largest absolute Gasteiger partial charge is 0.496 e. The molecule has 0 aromatic heterocycles. The van der Waals surface area contributed by atoms with Gasteiger partial charge in [0.2, 0.25) is 0 Å². The molecule has 4 heteroatoms. The van der Waals surface area contributed by atoms with Gasteiger partial charge in [-0.3, -0.25) is 4.90 Å². The van der Waals surface area contributed by atoms with E-state index in [9.17, 15) is 5.11 Å². The van der Waals surface area contributed by atoms with Crippen molar-refractivity contribution < 1.29 is 9.84 Å². The van der Waals surface area contributed by atoms with Crippen LogP contribution < -0.4 is 4.74 Å². The Morgan fingerprint density at radius 1 is 1.56 bits per heavy atom. The third-order valence-electron chi connectivity index (χ3n) is 2.93. The Morgan fingerprint density at radius 3 is 3.00 bits per heavy atom. The van der Waals surface area contributed by atoms with E-state index in [1.165, 1.54) is 0 Å². The van der Waals surface area contributed by atoms with Gasteiger partial charge >= 0.3 is 0 Å². The van der Waals surface area contributed by atoms with Crippen molar-refractivity contribution >= 4 is 11.6 Å². The molecule has 1 fully saturated rings. The van der Waals surface area contributed by atoms with Gasteiger partial charge in [-0.25, -0.2) is 0 Å². The number of aliphatic hydroxyl groups excluding tert-OH is 1. The molecular weight excluding hydrogens is 226 g/mol. The van der Waals surface area contributed by atoms with E-state index < -0.39 is 0 Å². The average Bonchev–Trinajstić information content (AvgIpc) is 2.67. The van der Waals surface area contributed by atoms with E-state index in [0.29, 0.717) is 6.54 Å². The quantitative estimate of drug-likeness (QED) is 0.878. The normalized spacial score (nSPS) is 21.3. The number of halogens is 1. The minimum absolute atomic E-state index is 0.200. The Balaban J connectivity index is 2.14. The van der Waals surface area contributed by atoms with Crippen molar-refractivity contribution in [3.05, 3.63) is 28.8 Å². The summed E-state index contributed by atoms with van der Waals surface area (Å²) in [5.41, 5.74) is 1.00. The van der Waals surface area contributed by atoms with Crippen LogP contribution in [-0.2, 0) is 6.54 Å². The highest BCUT2D eigenvalue weighted by atomic mass is 35.5. The van der Waals surface area contributed by atoms with Gasteiger partial charge < -0.3 is 9.84 Å². The van der Waals surface area contributed by atoms with E-state index in [-0.39, 0.29) is 6.10 Å². The average molecular weight is 242 g/mol. The van der Waals surface area contributed by atoms with E-state index in [4.69, 9.17) is 16.3 Å². The molecule has 1 N–H and O–H groups in total. The maximum absolute atomic E-state index is 9.47. The van der Waals surface area contributed by atoms with Gasteiger partial charge in [0, 0.05) is 30.2 Å². The van der Waals surface area contributed by atoms with E-state index in [1.807, 2.05) is 18.2 Å². The van der Waals surface area contributed by atoms with Gasteiger partial charge in [-0.1, -0.05) is 17.7 Å².